The first-order chi connectivity index (χ1) is 8.53. The molecule has 94 valence electrons. The molecule has 0 radical (unpaired) electrons. The van der Waals surface area contributed by atoms with Gasteiger partial charge in [-0.2, -0.15) is 4.98 Å². The van der Waals surface area contributed by atoms with Gasteiger partial charge in [0.05, 0.1) is 6.61 Å². The molecule has 0 bridgehead atoms. The van der Waals surface area contributed by atoms with Crippen LogP contribution >= 0.6 is 0 Å². The van der Waals surface area contributed by atoms with Gasteiger partial charge in [-0.05, 0) is 5.57 Å². The molecule has 1 atom stereocenters. The Balaban J connectivity index is 2.13. The van der Waals surface area contributed by atoms with Crippen LogP contribution in [0.2, 0.25) is 0 Å². The molecule has 18 heavy (non-hydrogen) atoms. The van der Waals surface area contributed by atoms with Gasteiger partial charge in [-0.1, -0.05) is 0 Å². The number of nitrogen functional groups attached to an aromatic ring is 1. The number of rotatable bonds is 2. The highest BCUT2D eigenvalue weighted by atomic mass is 19.1. The van der Waals surface area contributed by atoms with Crippen LogP contribution in [-0.2, 0) is 0 Å². The average Bonchev–Trinajstić information content (AvgIpc) is 2.78. The molecule has 3 rings (SSSR count). The number of nitrogens with zero attached hydrogens (tertiary/aromatic N) is 3. The van der Waals surface area contributed by atoms with Crippen molar-refractivity contribution in [2.24, 2.45) is 0 Å². The van der Waals surface area contributed by atoms with Gasteiger partial charge in [-0.25, -0.2) is 9.37 Å². The Morgan fingerprint density at radius 3 is 3.17 bits per heavy atom. The van der Waals surface area contributed by atoms with Crippen LogP contribution < -0.4 is 11.3 Å². The van der Waals surface area contributed by atoms with E-state index in [1.807, 2.05) is 0 Å². The van der Waals surface area contributed by atoms with Crippen LogP contribution in [0.25, 0.3) is 17.4 Å². The highest BCUT2D eigenvalue weighted by Crippen LogP contribution is 2.46. The summed E-state index contributed by atoms with van der Waals surface area (Å²) in [5.41, 5.74) is 4.17. The number of aromatic nitrogens is 4. The van der Waals surface area contributed by atoms with Crippen LogP contribution in [-0.4, -0.2) is 36.9 Å². The van der Waals surface area contributed by atoms with Crippen molar-refractivity contribution in [2.45, 2.75) is 12.1 Å². The minimum Gasteiger partial charge on any atom is -0.393 e. The van der Waals surface area contributed by atoms with Crippen LogP contribution in [0.15, 0.2) is 16.7 Å². The normalized spacial score (nSPS) is 24.9. The number of nitrogens with one attached hydrogen (secondary N) is 1. The van der Waals surface area contributed by atoms with Gasteiger partial charge < -0.3 is 10.8 Å². The van der Waals surface area contributed by atoms with Gasteiger partial charge in [-0.3, -0.25) is 14.3 Å². The van der Waals surface area contributed by atoms with Crippen LogP contribution in [0, 0.1) is 0 Å². The summed E-state index contributed by atoms with van der Waals surface area (Å²) in [7, 11) is 0. The lowest BCUT2D eigenvalue weighted by Gasteiger charge is -1.98. The number of aliphatic hydroxyl groups excluding tert-OH is 1. The third-order valence-electron chi connectivity index (χ3n) is 2.92. The molecule has 2 heterocycles. The smallest absolute Gasteiger partial charge is 0.280 e. The number of imidazole rings is 1. The summed E-state index contributed by atoms with van der Waals surface area (Å²) in [6, 6.07) is 0. The van der Waals surface area contributed by atoms with Gasteiger partial charge in [0.25, 0.3) is 5.56 Å². The van der Waals surface area contributed by atoms with Crippen molar-refractivity contribution in [3.05, 3.63) is 22.3 Å². The third-order valence-corrected chi connectivity index (χ3v) is 2.92. The van der Waals surface area contributed by atoms with E-state index in [2.05, 4.69) is 15.0 Å². The molecule has 1 aliphatic rings. The summed E-state index contributed by atoms with van der Waals surface area (Å²) >= 11 is 0. The maximum absolute atomic E-state index is 13.6. The van der Waals surface area contributed by atoms with Crippen molar-refractivity contribution in [2.75, 3.05) is 12.3 Å². The standard InChI is InChI=1S/C10H10FN5O2/c11-10(3-17)1-5(10)2-16-4-13-6-7(16)14-9(12)15-8(6)18/h2,4,17H,1,3H2,(H3,12,14,15,18)/b5-2+. The van der Waals surface area contributed by atoms with E-state index in [9.17, 15) is 9.18 Å². The molecule has 0 aromatic carbocycles. The average molecular weight is 251 g/mol. The number of halogens is 1. The molecule has 1 aliphatic carbocycles. The zero-order valence-electron chi connectivity index (χ0n) is 9.22. The predicted octanol–water partition coefficient (Wildman–Crippen LogP) is -0.353. The molecule has 8 heteroatoms. The Morgan fingerprint density at radius 2 is 2.50 bits per heavy atom. The second-order valence-electron chi connectivity index (χ2n) is 4.23. The molecule has 1 unspecified atom stereocenters. The van der Waals surface area contributed by atoms with Gasteiger partial charge >= 0.3 is 0 Å². The lowest BCUT2D eigenvalue weighted by molar-refractivity contribution is 0.170. The first-order valence-electron chi connectivity index (χ1n) is 5.27. The number of hydrogen-bond acceptors (Lipinski definition) is 5. The number of nitrogens with two attached hydrogens (primary N) is 1. The molecule has 4 N–H and O–H groups in total. The zero-order valence-corrected chi connectivity index (χ0v) is 9.22. The Hall–Kier alpha value is -2.22. The summed E-state index contributed by atoms with van der Waals surface area (Å²) in [6.45, 7) is -0.554. The van der Waals surface area contributed by atoms with E-state index >= 15 is 0 Å². The molecule has 7 nitrogen and oxygen atoms in total. The minimum atomic E-state index is -1.65. The van der Waals surface area contributed by atoms with E-state index < -0.39 is 17.8 Å². The molecule has 1 saturated carbocycles. The maximum atomic E-state index is 13.6. The van der Waals surface area contributed by atoms with Crippen LogP contribution in [0.5, 0.6) is 0 Å². The van der Waals surface area contributed by atoms with E-state index in [0.717, 1.165) is 0 Å². The van der Waals surface area contributed by atoms with Crippen LogP contribution in [0.4, 0.5) is 10.3 Å². The Kier molecular flexibility index (Phi) is 2.05. The molecule has 1 fully saturated rings. The number of H-pyrrole nitrogens is 1. The van der Waals surface area contributed by atoms with Crippen molar-refractivity contribution >= 4 is 23.3 Å². The topological polar surface area (TPSA) is 110 Å². The van der Waals surface area contributed by atoms with E-state index in [-0.39, 0.29) is 23.5 Å². The first-order valence-corrected chi connectivity index (χ1v) is 5.27. The van der Waals surface area contributed by atoms with E-state index in [1.54, 1.807) is 0 Å². The second-order valence-corrected chi connectivity index (χ2v) is 4.23. The highest BCUT2D eigenvalue weighted by molar-refractivity contribution is 5.73. The SMILES string of the molecule is Nc1nc2c(ncn2/C=C2\CC2(F)CO)c(=O)[nH]1. The highest BCUT2D eigenvalue weighted by Gasteiger charge is 2.49. The lowest BCUT2D eigenvalue weighted by atomic mass is 10.4. The van der Waals surface area contributed by atoms with Gasteiger partial charge in [0, 0.05) is 12.6 Å². The van der Waals surface area contributed by atoms with E-state index in [0.29, 0.717) is 5.57 Å². The largest absolute Gasteiger partial charge is 0.393 e. The summed E-state index contributed by atoms with van der Waals surface area (Å²) in [6.07, 6.45) is 2.99. The monoisotopic (exact) mass is 251 g/mol. The van der Waals surface area contributed by atoms with E-state index in [1.165, 1.54) is 17.1 Å². The molecular weight excluding hydrogens is 241 g/mol. The number of fused-ring (bicyclic) bond motifs is 1. The number of anilines is 1. The molecule has 2 aromatic rings. The fourth-order valence-electron chi connectivity index (χ4n) is 1.78. The van der Waals surface area contributed by atoms with Crippen molar-refractivity contribution in [1.82, 2.24) is 19.5 Å². The van der Waals surface area contributed by atoms with Crippen molar-refractivity contribution < 1.29 is 9.50 Å². The van der Waals surface area contributed by atoms with Gasteiger partial charge in [0.2, 0.25) is 5.95 Å². The van der Waals surface area contributed by atoms with E-state index in [4.69, 9.17) is 10.8 Å². The fraction of sp³-hybridized carbons (Fsp3) is 0.300. The van der Waals surface area contributed by atoms with Crippen LogP contribution in [0.1, 0.15) is 6.42 Å². The Labute approximate surface area is 99.8 Å². The molecule has 0 saturated heterocycles. The molecular formula is C10H10FN5O2. The van der Waals surface area contributed by atoms with Crippen LogP contribution in [0.3, 0.4) is 0 Å². The number of aromatic amines is 1. The minimum absolute atomic E-state index is 0.0304. The Bertz CT molecular complexity index is 719. The number of hydrogen-bond donors (Lipinski definition) is 3. The maximum Gasteiger partial charge on any atom is 0.280 e. The molecule has 2 aromatic heterocycles. The zero-order chi connectivity index (χ0) is 12.9. The summed E-state index contributed by atoms with van der Waals surface area (Å²) in [5, 5.41) is 8.83. The first kappa shape index (κ1) is 10.9. The van der Waals surface area contributed by atoms with Crippen molar-refractivity contribution in [1.29, 1.82) is 0 Å². The molecule has 0 spiro atoms. The summed E-state index contributed by atoms with van der Waals surface area (Å²) < 4.78 is 15.0. The van der Waals surface area contributed by atoms with Gasteiger partial charge in [0.15, 0.2) is 16.8 Å². The summed E-state index contributed by atoms with van der Waals surface area (Å²) in [5.74, 6) is -0.0304. The van der Waals surface area contributed by atoms with Gasteiger partial charge in [-0.15, -0.1) is 0 Å². The number of alkyl halides is 1. The van der Waals surface area contributed by atoms with Gasteiger partial charge in [0.1, 0.15) is 6.33 Å². The molecule has 0 aliphatic heterocycles. The summed E-state index contributed by atoms with van der Waals surface area (Å²) in [4.78, 5) is 21.7. The van der Waals surface area contributed by atoms with Crippen molar-refractivity contribution in [3.8, 4) is 0 Å². The fourth-order valence-corrected chi connectivity index (χ4v) is 1.78. The number of aliphatic hydroxyl groups is 1. The third kappa shape index (κ3) is 1.50. The Morgan fingerprint density at radius 1 is 1.72 bits per heavy atom. The molecule has 0 amide bonds. The lowest BCUT2D eigenvalue weighted by Crippen LogP contribution is -2.11. The second kappa shape index (κ2) is 3.39. The predicted molar refractivity (Wildman–Crippen MR) is 62.4 cm³/mol. The van der Waals surface area contributed by atoms with Crippen molar-refractivity contribution in [3.63, 3.8) is 0 Å². The quantitative estimate of drug-likeness (QED) is 0.675.